The molecule has 12 nitrogen and oxygen atoms in total. The maximum Gasteiger partial charge on any atom is 0.308 e. The van der Waals surface area contributed by atoms with E-state index in [0.29, 0.717) is 16.7 Å². The van der Waals surface area contributed by atoms with Crippen LogP contribution in [0.25, 0.3) is 0 Å². The van der Waals surface area contributed by atoms with Gasteiger partial charge in [-0.1, -0.05) is 78.9 Å². The van der Waals surface area contributed by atoms with Gasteiger partial charge in [-0.2, -0.15) is 5.10 Å². The third kappa shape index (κ3) is 7.82. The van der Waals surface area contributed by atoms with Crippen molar-refractivity contribution < 1.29 is 24.2 Å². The van der Waals surface area contributed by atoms with Gasteiger partial charge in [0.15, 0.2) is 0 Å². The number of nitro groups is 2. The summed E-state index contributed by atoms with van der Waals surface area (Å²) in [5.74, 6) is -0.972. The van der Waals surface area contributed by atoms with Crippen molar-refractivity contribution in [1.29, 1.82) is 0 Å². The highest BCUT2D eigenvalue weighted by atomic mass is 16.6. The number of carbonyl (C=O) groups excluding carboxylic acids is 2. The first kappa shape index (κ1) is 29.1. The first-order valence-corrected chi connectivity index (χ1v) is 12.7. The van der Waals surface area contributed by atoms with Gasteiger partial charge in [0.05, 0.1) is 28.4 Å². The van der Waals surface area contributed by atoms with E-state index < -0.39 is 33.2 Å². The van der Waals surface area contributed by atoms with Crippen molar-refractivity contribution in [2.24, 2.45) is 5.10 Å². The number of ether oxygens (including phenoxy) is 1. The SMILES string of the molecule is O=C(C[C@H](NC(=O)c1ccccc1)c1ccccc1)OC/C(=N\Nc1ccc([N+](=O)[O-])cc1[N+](=O)[O-])c1ccccc1. The average molecular weight is 568 g/mol. The number of hydrogen-bond donors (Lipinski definition) is 2. The van der Waals surface area contributed by atoms with E-state index >= 15 is 0 Å². The van der Waals surface area contributed by atoms with Crippen LogP contribution < -0.4 is 10.7 Å². The molecule has 4 aromatic rings. The summed E-state index contributed by atoms with van der Waals surface area (Å²) in [5.41, 5.74) is 3.45. The fourth-order valence-corrected chi connectivity index (χ4v) is 3.96. The van der Waals surface area contributed by atoms with Gasteiger partial charge in [-0.25, -0.2) is 0 Å². The molecule has 0 fully saturated rings. The Kier molecular flexibility index (Phi) is 9.65. The first-order chi connectivity index (χ1) is 20.3. The number of nitrogens with one attached hydrogen (secondary N) is 2. The van der Waals surface area contributed by atoms with Crippen molar-refractivity contribution in [3.05, 3.63) is 146 Å². The van der Waals surface area contributed by atoms with Gasteiger partial charge in [0.1, 0.15) is 18.0 Å². The number of carbonyl (C=O) groups is 2. The predicted octanol–water partition coefficient (Wildman–Crippen LogP) is 5.42. The van der Waals surface area contributed by atoms with Crippen molar-refractivity contribution in [3.63, 3.8) is 0 Å². The number of esters is 1. The molecule has 0 unspecified atom stereocenters. The lowest BCUT2D eigenvalue weighted by Crippen LogP contribution is -2.31. The Bertz CT molecular complexity index is 1600. The molecule has 0 aliphatic rings. The van der Waals surface area contributed by atoms with Crippen LogP contribution in [0.4, 0.5) is 17.1 Å². The van der Waals surface area contributed by atoms with E-state index in [-0.39, 0.29) is 30.3 Å². The summed E-state index contributed by atoms with van der Waals surface area (Å²) in [6.07, 6.45) is -0.175. The van der Waals surface area contributed by atoms with E-state index in [2.05, 4.69) is 15.8 Å². The summed E-state index contributed by atoms with van der Waals surface area (Å²) < 4.78 is 5.53. The monoisotopic (exact) mass is 567 g/mol. The molecular formula is C30H25N5O7. The summed E-state index contributed by atoms with van der Waals surface area (Å²) in [6, 6.07) is 28.7. The van der Waals surface area contributed by atoms with Crippen LogP contribution in [-0.4, -0.2) is 34.0 Å². The van der Waals surface area contributed by atoms with Crippen molar-refractivity contribution in [1.82, 2.24) is 5.32 Å². The molecule has 4 aromatic carbocycles. The van der Waals surface area contributed by atoms with Crippen LogP contribution in [0.3, 0.4) is 0 Å². The van der Waals surface area contributed by atoms with Gasteiger partial charge in [-0.05, 0) is 23.8 Å². The summed E-state index contributed by atoms with van der Waals surface area (Å²) in [4.78, 5) is 46.9. The smallest absolute Gasteiger partial charge is 0.308 e. The number of rotatable bonds is 12. The van der Waals surface area contributed by atoms with E-state index in [9.17, 15) is 29.8 Å². The fourth-order valence-electron chi connectivity index (χ4n) is 3.96. The highest BCUT2D eigenvalue weighted by molar-refractivity contribution is 6.02. The molecule has 0 bridgehead atoms. The quantitative estimate of drug-likeness (QED) is 0.0990. The number of nitrogens with zero attached hydrogens (tertiary/aromatic N) is 3. The number of benzene rings is 4. The van der Waals surface area contributed by atoms with Crippen molar-refractivity contribution in [3.8, 4) is 0 Å². The number of anilines is 1. The van der Waals surface area contributed by atoms with Crippen LogP contribution >= 0.6 is 0 Å². The third-order valence-electron chi connectivity index (χ3n) is 6.09. The molecule has 4 rings (SSSR count). The summed E-state index contributed by atoms with van der Waals surface area (Å²) >= 11 is 0. The van der Waals surface area contributed by atoms with E-state index in [0.717, 1.165) is 12.1 Å². The molecule has 12 heteroatoms. The second-order valence-electron chi connectivity index (χ2n) is 8.92. The number of hydrogen-bond acceptors (Lipinski definition) is 9. The largest absolute Gasteiger partial charge is 0.459 e. The first-order valence-electron chi connectivity index (χ1n) is 12.7. The van der Waals surface area contributed by atoms with E-state index in [1.165, 1.54) is 6.07 Å². The summed E-state index contributed by atoms with van der Waals surface area (Å²) in [7, 11) is 0. The Morgan fingerprint density at radius 2 is 1.38 bits per heavy atom. The van der Waals surface area contributed by atoms with Crippen LogP contribution in [-0.2, 0) is 9.53 Å². The van der Waals surface area contributed by atoms with Gasteiger partial charge < -0.3 is 10.1 Å². The van der Waals surface area contributed by atoms with Gasteiger partial charge in [-0.3, -0.25) is 35.2 Å². The Hall–Kier alpha value is -5.91. The number of hydrazone groups is 1. The molecule has 1 atom stereocenters. The standard InChI is InChI=1S/C30H25N5O7/c36-29(19-26(21-10-4-1-5-11-21)31-30(37)23-14-8-3-9-15-23)42-20-27(22-12-6-2-7-13-22)33-32-25-17-16-24(34(38)39)18-28(25)35(40)41/h1-18,26,32H,19-20H2,(H,31,37)/b33-27+/t26-/m0/s1. The number of amides is 1. The van der Waals surface area contributed by atoms with Crippen LogP contribution in [0.1, 0.15) is 33.9 Å². The molecule has 0 aromatic heterocycles. The molecule has 1 amide bonds. The molecule has 0 saturated heterocycles. The predicted molar refractivity (Wildman–Crippen MR) is 155 cm³/mol. The molecule has 0 aliphatic carbocycles. The van der Waals surface area contributed by atoms with E-state index in [1.807, 2.05) is 6.07 Å². The normalized spacial score (nSPS) is 11.7. The maximum atomic E-state index is 13.0. The molecule has 212 valence electrons. The Labute approximate surface area is 240 Å². The van der Waals surface area contributed by atoms with Crippen molar-refractivity contribution >= 4 is 34.7 Å². The minimum absolute atomic E-state index is 0.0851. The van der Waals surface area contributed by atoms with Crippen LogP contribution in [0.15, 0.2) is 114 Å². The van der Waals surface area contributed by atoms with Crippen LogP contribution in [0.5, 0.6) is 0 Å². The second-order valence-corrected chi connectivity index (χ2v) is 8.92. The lowest BCUT2D eigenvalue weighted by atomic mass is 10.0. The third-order valence-corrected chi connectivity index (χ3v) is 6.09. The van der Waals surface area contributed by atoms with Crippen molar-refractivity contribution in [2.75, 3.05) is 12.0 Å². The molecular weight excluding hydrogens is 542 g/mol. The zero-order valence-corrected chi connectivity index (χ0v) is 22.1. The molecule has 2 N–H and O–H groups in total. The maximum absolute atomic E-state index is 13.0. The molecule has 0 heterocycles. The van der Waals surface area contributed by atoms with Gasteiger partial charge >= 0.3 is 11.7 Å². The molecule has 0 spiro atoms. The molecule has 0 radical (unpaired) electrons. The van der Waals surface area contributed by atoms with Crippen molar-refractivity contribution in [2.45, 2.75) is 12.5 Å². The molecule has 42 heavy (non-hydrogen) atoms. The minimum atomic E-state index is -0.763. The van der Waals surface area contributed by atoms with Gasteiger partial charge in [0.2, 0.25) is 0 Å². The lowest BCUT2D eigenvalue weighted by molar-refractivity contribution is -0.393. The number of non-ortho nitro benzene ring substituents is 1. The zero-order valence-electron chi connectivity index (χ0n) is 22.1. The topological polar surface area (TPSA) is 166 Å². The second kappa shape index (κ2) is 13.9. The Balaban J connectivity index is 1.51. The highest BCUT2D eigenvalue weighted by Gasteiger charge is 2.22. The Morgan fingerprint density at radius 3 is 1.98 bits per heavy atom. The zero-order chi connectivity index (χ0) is 29.9. The minimum Gasteiger partial charge on any atom is -0.459 e. The Morgan fingerprint density at radius 1 is 0.786 bits per heavy atom. The van der Waals surface area contributed by atoms with Gasteiger partial charge in [-0.15, -0.1) is 0 Å². The average Bonchev–Trinajstić information content (AvgIpc) is 3.01. The lowest BCUT2D eigenvalue weighted by Gasteiger charge is -2.19. The van der Waals surface area contributed by atoms with E-state index in [1.54, 1.807) is 84.9 Å². The molecule has 0 aliphatic heterocycles. The summed E-state index contributed by atoms with van der Waals surface area (Å²) in [6.45, 7) is -0.301. The number of nitro benzene ring substituents is 2. The van der Waals surface area contributed by atoms with E-state index in [4.69, 9.17) is 4.74 Å². The van der Waals surface area contributed by atoms with Gasteiger partial charge in [0.25, 0.3) is 11.6 Å². The highest BCUT2D eigenvalue weighted by Crippen LogP contribution is 2.29. The van der Waals surface area contributed by atoms with Gasteiger partial charge in [0, 0.05) is 17.2 Å². The van der Waals surface area contributed by atoms with Crippen LogP contribution in [0, 0.1) is 20.2 Å². The summed E-state index contributed by atoms with van der Waals surface area (Å²) in [5, 5.41) is 29.7. The molecule has 0 saturated carbocycles. The van der Waals surface area contributed by atoms with Crippen LogP contribution in [0.2, 0.25) is 0 Å². The fraction of sp³-hybridized carbons (Fsp3) is 0.100.